The van der Waals surface area contributed by atoms with Gasteiger partial charge >= 0.3 is 0 Å². The van der Waals surface area contributed by atoms with E-state index in [0.717, 1.165) is 36.6 Å². The fourth-order valence-electron chi connectivity index (χ4n) is 2.28. The van der Waals surface area contributed by atoms with Crippen LogP contribution in [0.15, 0.2) is 30.9 Å². The van der Waals surface area contributed by atoms with Crippen LogP contribution in [-0.2, 0) is 13.2 Å². The highest BCUT2D eigenvalue weighted by Crippen LogP contribution is 2.35. The van der Waals surface area contributed by atoms with Gasteiger partial charge in [-0.15, -0.1) is 0 Å². The monoisotopic (exact) mass is 286 g/mol. The molecule has 112 valence electrons. The molecule has 0 bridgehead atoms. The van der Waals surface area contributed by atoms with Gasteiger partial charge < -0.3 is 14.6 Å². The molecular formula is C16H22N4O. The molecule has 0 saturated heterocycles. The third kappa shape index (κ3) is 3.82. The molecule has 3 rings (SSSR count). The Labute approximate surface area is 125 Å². The standard InChI is InChI=1S/C16H22N4O/c1-2-7-17-8-13-3-6-16(10-19-13)21-11-15-9-18-12-20(15)14-4-5-14/h3,6,9-10,12,14,17H,2,4-5,7-8,11H2,1H3. The first-order valence-electron chi connectivity index (χ1n) is 7.66. The van der Waals surface area contributed by atoms with Crippen molar-refractivity contribution in [3.8, 4) is 5.75 Å². The van der Waals surface area contributed by atoms with Crippen LogP contribution >= 0.6 is 0 Å². The maximum absolute atomic E-state index is 5.81. The number of hydrogen-bond donors (Lipinski definition) is 1. The fraction of sp³-hybridized carbons (Fsp3) is 0.500. The maximum atomic E-state index is 5.81. The molecule has 0 aliphatic heterocycles. The van der Waals surface area contributed by atoms with Crippen molar-refractivity contribution in [3.05, 3.63) is 42.2 Å². The van der Waals surface area contributed by atoms with Crippen molar-refractivity contribution >= 4 is 0 Å². The third-order valence-corrected chi connectivity index (χ3v) is 3.60. The summed E-state index contributed by atoms with van der Waals surface area (Å²) in [6, 6.07) is 4.63. The molecule has 5 nitrogen and oxygen atoms in total. The molecule has 2 heterocycles. The summed E-state index contributed by atoms with van der Waals surface area (Å²) in [7, 11) is 0. The number of nitrogens with one attached hydrogen (secondary N) is 1. The molecule has 1 aliphatic carbocycles. The first-order chi connectivity index (χ1) is 10.4. The lowest BCUT2D eigenvalue weighted by molar-refractivity contribution is 0.293. The molecule has 0 amide bonds. The van der Waals surface area contributed by atoms with Crippen LogP contribution in [-0.4, -0.2) is 21.1 Å². The van der Waals surface area contributed by atoms with Crippen LogP contribution in [0.25, 0.3) is 0 Å². The van der Waals surface area contributed by atoms with Crippen molar-refractivity contribution in [3.63, 3.8) is 0 Å². The van der Waals surface area contributed by atoms with Crippen LogP contribution in [0, 0.1) is 0 Å². The zero-order chi connectivity index (χ0) is 14.5. The molecule has 1 N–H and O–H groups in total. The maximum Gasteiger partial charge on any atom is 0.138 e. The SMILES string of the molecule is CCCNCc1ccc(OCc2cncn2C2CC2)cn1. The second-order valence-corrected chi connectivity index (χ2v) is 5.47. The molecule has 0 spiro atoms. The summed E-state index contributed by atoms with van der Waals surface area (Å²) in [4.78, 5) is 8.62. The molecule has 0 aromatic carbocycles. The highest BCUT2D eigenvalue weighted by molar-refractivity contribution is 5.20. The van der Waals surface area contributed by atoms with Gasteiger partial charge in [0.05, 0.1) is 30.1 Å². The van der Waals surface area contributed by atoms with Gasteiger partial charge in [-0.2, -0.15) is 0 Å². The lowest BCUT2D eigenvalue weighted by Crippen LogP contribution is -2.14. The highest BCUT2D eigenvalue weighted by Gasteiger charge is 2.25. The second-order valence-electron chi connectivity index (χ2n) is 5.47. The Morgan fingerprint density at radius 2 is 2.24 bits per heavy atom. The molecule has 21 heavy (non-hydrogen) atoms. The summed E-state index contributed by atoms with van der Waals surface area (Å²) in [6.07, 6.45) is 9.22. The predicted molar refractivity (Wildman–Crippen MR) is 81.1 cm³/mol. The number of hydrogen-bond acceptors (Lipinski definition) is 4. The summed E-state index contributed by atoms with van der Waals surface area (Å²) in [6.45, 7) is 4.53. The van der Waals surface area contributed by atoms with Gasteiger partial charge in [-0.1, -0.05) is 6.92 Å². The zero-order valence-electron chi connectivity index (χ0n) is 12.5. The normalized spacial score (nSPS) is 14.3. The van der Waals surface area contributed by atoms with Crippen molar-refractivity contribution in [1.29, 1.82) is 0 Å². The van der Waals surface area contributed by atoms with E-state index >= 15 is 0 Å². The Morgan fingerprint density at radius 1 is 1.33 bits per heavy atom. The quantitative estimate of drug-likeness (QED) is 0.758. The van der Waals surface area contributed by atoms with E-state index in [4.69, 9.17) is 4.74 Å². The van der Waals surface area contributed by atoms with Crippen LogP contribution in [0.1, 0.15) is 43.6 Å². The Kier molecular flexibility index (Phi) is 4.50. The van der Waals surface area contributed by atoms with Gasteiger partial charge in [0.25, 0.3) is 0 Å². The van der Waals surface area contributed by atoms with Gasteiger partial charge in [-0.3, -0.25) is 4.98 Å². The number of nitrogens with zero attached hydrogens (tertiary/aromatic N) is 3. The van der Waals surface area contributed by atoms with Crippen molar-refractivity contribution in [1.82, 2.24) is 19.9 Å². The van der Waals surface area contributed by atoms with Crippen LogP contribution in [0.3, 0.4) is 0 Å². The summed E-state index contributed by atoms with van der Waals surface area (Å²) in [5, 5.41) is 3.34. The summed E-state index contributed by atoms with van der Waals surface area (Å²) in [5.41, 5.74) is 2.17. The van der Waals surface area contributed by atoms with E-state index in [1.807, 2.05) is 24.7 Å². The van der Waals surface area contributed by atoms with Crippen molar-refractivity contribution < 1.29 is 4.74 Å². The van der Waals surface area contributed by atoms with E-state index in [-0.39, 0.29) is 0 Å². The lowest BCUT2D eigenvalue weighted by Gasteiger charge is -2.09. The van der Waals surface area contributed by atoms with E-state index in [2.05, 4.69) is 26.8 Å². The number of imidazole rings is 1. The van der Waals surface area contributed by atoms with Gasteiger partial charge in [0.2, 0.25) is 0 Å². The van der Waals surface area contributed by atoms with Crippen LogP contribution < -0.4 is 10.1 Å². The molecule has 2 aromatic heterocycles. The minimum Gasteiger partial charge on any atom is -0.486 e. The van der Waals surface area contributed by atoms with E-state index < -0.39 is 0 Å². The largest absolute Gasteiger partial charge is 0.486 e. The third-order valence-electron chi connectivity index (χ3n) is 3.60. The molecule has 1 saturated carbocycles. The molecule has 0 unspecified atom stereocenters. The van der Waals surface area contributed by atoms with Gasteiger partial charge in [0.15, 0.2) is 0 Å². The van der Waals surface area contributed by atoms with E-state index in [0.29, 0.717) is 12.6 Å². The average molecular weight is 286 g/mol. The van der Waals surface area contributed by atoms with Crippen LogP contribution in [0.4, 0.5) is 0 Å². The van der Waals surface area contributed by atoms with E-state index in [1.165, 1.54) is 12.8 Å². The van der Waals surface area contributed by atoms with Gasteiger partial charge in [-0.25, -0.2) is 4.98 Å². The molecule has 1 fully saturated rings. The number of rotatable bonds is 8. The van der Waals surface area contributed by atoms with E-state index in [1.54, 1.807) is 6.20 Å². The molecule has 0 radical (unpaired) electrons. The summed E-state index contributed by atoms with van der Waals surface area (Å²) in [5.74, 6) is 0.804. The smallest absolute Gasteiger partial charge is 0.138 e. The van der Waals surface area contributed by atoms with Crippen molar-refractivity contribution in [2.24, 2.45) is 0 Å². The average Bonchev–Trinajstić information content (AvgIpc) is 3.25. The first kappa shape index (κ1) is 14.1. The summed E-state index contributed by atoms with van der Waals surface area (Å²) < 4.78 is 8.02. The van der Waals surface area contributed by atoms with Crippen LogP contribution in [0.5, 0.6) is 5.75 Å². The van der Waals surface area contributed by atoms with Gasteiger partial charge in [-0.05, 0) is 37.9 Å². The molecule has 1 aliphatic rings. The van der Waals surface area contributed by atoms with Crippen LogP contribution in [0.2, 0.25) is 0 Å². The number of ether oxygens (including phenoxy) is 1. The summed E-state index contributed by atoms with van der Waals surface area (Å²) >= 11 is 0. The Hall–Kier alpha value is -1.88. The topological polar surface area (TPSA) is 52.0 Å². The molecule has 2 aromatic rings. The molecule has 0 atom stereocenters. The van der Waals surface area contributed by atoms with E-state index in [9.17, 15) is 0 Å². The lowest BCUT2D eigenvalue weighted by atomic mass is 10.3. The second kappa shape index (κ2) is 6.72. The Balaban J connectivity index is 1.51. The Morgan fingerprint density at radius 3 is 2.95 bits per heavy atom. The zero-order valence-corrected chi connectivity index (χ0v) is 12.5. The number of pyridine rings is 1. The van der Waals surface area contributed by atoms with Crippen molar-refractivity contribution in [2.75, 3.05) is 6.54 Å². The van der Waals surface area contributed by atoms with Crippen molar-refractivity contribution in [2.45, 2.75) is 45.4 Å². The highest BCUT2D eigenvalue weighted by atomic mass is 16.5. The number of aromatic nitrogens is 3. The molecule has 5 heteroatoms. The van der Waals surface area contributed by atoms with Gasteiger partial charge in [0.1, 0.15) is 12.4 Å². The minimum absolute atomic E-state index is 0.547. The van der Waals surface area contributed by atoms with Gasteiger partial charge in [0, 0.05) is 12.6 Å². The first-order valence-corrected chi connectivity index (χ1v) is 7.66. The minimum atomic E-state index is 0.547. The fourth-order valence-corrected chi connectivity index (χ4v) is 2.28. The Bertz CT molecular complexity index is 560. The predicted octanol–water partition coefficient (Wildman–Crippen LogP) is 2.69. The molecular weight excluding hydrogens is 264 g/mol.